The maximum atomic E-state index is 12.9. The lowest BCUT2D eigenvalue weighted by Crippen LogP contribution is -2.54. The average Bonchev–Trinajstić information content (AvgIpc) is 2.42. The molecule has 1 aromatic carbocycles. The van der Waals surface area contributed by atoms with Crippen LogP contribution in [0.25, 0.3) is 0 Å². The highest BCUT2D eigenvalue weighted by atomic mass is 19.1. The SMILES string of the molecule is CC(Nc1ccc(F)cc1)(C(N)=O)C1CCCCC1. The molecular formula is C15H21FN2O. The summed E-state index contributed by atoms with van der Waals surface area (Å²) in [5.41, 5.74) is 5.57. The predicted molar refractivity (Wildman–Crippen MR) is 74.2 cm³/mol. The Bertz CT molecular complexity index is 440. The zero-order valence-electron chi connectivity index (χ0n) is 11.3. The molecule has 1 unspecified atom stereocenters. The van der Waals surface area contributed by atoms with E-state index in [-0.39, 0.29) is 17.6 Å². The van der Waals surface area contributed by atoms with Crippen LogP contribution >= 0.6 is 0 Å². The summed E-state index contributed by atoms with van der Waals surface area (Å²) in [6.07, 6.45) is 5.51. The third-order valence-corrected chi connectivity index (χ3v) is 4.18. The first-order valence-electron chi connectivity index (χ1n) is 6.86. The van der Waals surface area contributed by atoms with Gasteiger partial charge in [0, 0.05) is 5.69 Å². The lowest BCUT2D eigenvalue weighted by atomic mass is 9.75. The van der Waals surface area contributed by atoms with E-state index in [0.29, 0.717) is 0 Å². The maximum absolute atomic E-state index is 12.9. The number of carbonyl (C=O) groups is 1. The van der Waals surface area contributed by atoms with E-state index in [2.05, 4.69) is 5.32 Å². The summed E-state index contributed by atoms with van der Waals surface area (Å²) in [5.74, 6) is -0.392. The van der Waals surface area contributed by atoms with Crippen LogP contribution < -0.4 is 11.1 Å². The summed E-state index contributed by atoms with van der Waals surface area (Å²) in [4.78, 5) is 11.9. The molecule has 0 aliphatic heterocycles. The third kappa shape index (κ3) is 3.06. The number of carbonyl (C=O) groups excluding carboxylic acids is 1. The number of hydrogen-bond acceptors (Lipinski definition) is 2. The van der Waals surface area contributed by atoms with Crippen molar-refractivity contribution in [1.29, 1.82) is 0 Å². The lowest BCUT2D eigenvalue weighted by molar-refractivity contribution is -0.123. The number of hydrogen-bond donors (Lipinski definition) is 2. The first-order valence-corrected chi connectivity index (χ1v) is 6.86. The zero-order valence-corrected chi connectivity index (χ0v) is 11.3. The fraction of sp³-hybridized carbons (Fsp3) is 0.533. The highest BCUT2D eigenvalue weighted by molar-refractivity contribution is 5.88. The van der Waals surface area contributed by atoms with Crippen molar-refractivity contribution in [3.8, 4) is 0 Å². The van der Waals surface area contributed by atoms with Crippen molar-refractivity contribution < 1.29 is 9.18 Å². The maximum Gasteiger partial charge on any atom is 0.243 e. The Kier molecular flexibility index (Phi) is 4.08. The van der Waals surface area contributed by atoms with E-state index in [4.69, 9.17) is 5.73 Å². The number of halogens is 1. The van der Waals surface area contributed by atoms with Gasteiger partial charge in [0.05, 0.1) is 0 Å². The van der Waals surface area contributed by atoms with Gasteiger partial charge in [-0.1, -0.05) is 19.3 Å². The summed E-state index contributed by atoms with van der Waals surface area (Å²) in [7, 11) is 0. The van der Waals surface area contributed by atoms with Crippen molar-refractivity contribution in [2.75, 3.05) is 5.32 Å². The van der Waals surface area contributed by atoms with E-state index < -0.39 is 5.54 Å². The normalized spacial score (nSPS) is 19.7. The fourth-order valence-corrected chi connectivity index (χ4v) is 2.88. The molecule has 0 radical (unpaired) electrons. The highest BCUT2D eigenvalue weighted by Crippen LogP contribution is 2.34. The van der Waals surface area contributed by atoms with Crippen LogP contribution in [0.4, 0.5) is 10.1 Å². The third-order valence-electron chi connectivity index (χ3n) is 4.18. The van der Waals surface area contributed by atoms with Gasteiger partial charge in [-0.3, -0.25) is 4.79 Å². The number of primary amides is 1. The molecule has 19 heavy (non-hydrogen) atoms. The van der Waals surface area contributed by atoms with Gasteiger partial charge in [-0.15, -0.1) is 0 Å². The Hall–Kier alpha value is -1.58. The van der Waals surface area contributed by atoms with Crippen molar-refractivity contribution in [2.24, 2.45) is 11.7 Å². The second-order valence-electron chi connectivity index (χ2n) is 5.53. The summed E-state index contributed by atoms with van der Waals surface area (Å²) >= 11 is 0. The van der Waals surface area contributed by atoms with E-state index in [0.717, 1.165) is 31.4 Å². The van der Waals surface area contributed by atoms with Gasteiger partial charge >= 0.3 is 0 Å². The van der Waals surface area contributed by atoms with Gasteiger partial charge in [0.25, 0.3) is 0 Å². The second-order valence-corrected chi connectivity index (χ2v) is 5.53. The second kappa shape index (κ2) is 5.59. The fourth-order valence-electron chi connectivity index (χ4n) is 2.88. The summed E-state index contributed by atoms with van der Waals surface area (Å²) in [6.45, 7) is 1.86. The van der Waals surface area contributed by atoms with Crippen LogP contribution in [0.2, 0.25) is 0 Å². The number of nitrogens with two attached hydrogens (primary N) is 1. The standard InChI is InChI=1S/C15H21FN2O/c1-15(14(17)19,11-5-3-2-4-6-11)18-13-9-7-12(16)8-10-13/h7-11,18H,2-6H2,1H3,(H2,17,19). The molecule has 1 aliphatic rings. The van der Waals surface area contributed by atoms with E-state index in [1.54, 1.807) is 12.1 Å². The van der Waals surface area contributed by atoms with Crippen molar-refractivity contribution in [3.05, 3.63) is 30.1 Å². The minimum Gasteiger partial charge on any atom is -0.371 e. The smallest absolute Gasteiger partial charge is 0.243 e. The molecule has 1 aliphatic carbocycles. The first kappa shape index (κ1) is 13.8. The minimum absolute atomic E-state index is 0.240. The molecule has 0 saturated heterocycles. The van der Waals surface area contributed by atoms with Crippen LogP contribution in [0.3, 0.4) is 0 Å². The molecule has 1 aromatic rings. The number of anilines is 1. The van der Waals surface area contributed by atoms with Crippen LogP contribution in [0, 0.1) is 11.7 Å². The topological polar surface area (TPSA) is 55.1 Å². The van der Waals surface area contributed by atoms with E-state index in [1.807, 2.05) is 6.92 Å². The van der Waals surface area contributed by atoms with E-state index >= 15 is 0 Å². The summed E-state index contributed by atoms with van der Waals surface area (Å²) < 4.78 is 12.9. The Labute approximate surface area is 113 Å². The van der Waals surface area contributed by atoms with Gasteiger partial charge < -0.3 is 11.1 Å². The van der Waals surface area contributed by atoms with Crippen molar-refractivity contribution in [3.63, 3.8) is 0 Å². The monoisotopic (exact) mass is 264 g/mol. The quantitative estimate of drug-likeness (QED) is 0.878. The molecule has 0 heterocycles. The van der Waals surface area contributed by atoms with Crippen LogP contribution in [0.15, 0.2) is 24.3 Å². The molecule has 3 N–H and O–H groups in total. The summed E-state index contributed by atoms with van der Waals surface area (Å²) in [5, 5.41) is 3.21. The summed E-state index contributed by atoms with van der Waals surface area (Å²) in [6, 6.07) is 6.04. The zero-order chi connectivity index (χ0) is 13.9. The van der Waals surface area contributed by atoms with Gasteiger partial charge in [-0.25, -0.2) is 4.39 Å². The molecule has 0 spiro atoms. The van der Waals surface area contributed by atoms with Crippen LogP contribution in [-0.2, 0) is 4.79 Å². The van der Waals surface area contributed by atoms with Crippen molar-refractivity contribution in [1.82, 2.24) is 0 Å². The lowest BCUT2D eigenvalue weighted by Gasteiger charge is -2.38. The van der Waals surface area contributed by atoms with Crippen LogP contribution in [0.5, 0.6) is 0 Å². The molecule has 104 valence electrons. The number of nitrogens with one attached hydrogen (secondary N) is 1. The van der Waals surface area contributed by atoms with Crippen molar-refractivity contribution in [2.45, 2.75) is 44.6 Å². The Morgan fingerprint density at radius 2 is 1.84 bits per heavy atom. The van der Waals surface area contributed by atoms with Gasteiger partial charge in [-0.2, -0.15) is 0 Å². The molecule has 3 nitrogen and oxygen atoms in total. The molecule has 1 amide bonds. The van der Waals surface area contributed by atoms with E-state index in [9.17, 15) is 9.18 Å². The molecular weight excluding hydrogens is 243 g/mol. The van der Waals surface area contributed by atoms with Gasteiger partial charge in [0.1, 0.15) is 11.4 Å². The largest absolute Gasteiger partial charge is 0.371 e. The van der Waals surface area contributed by atoms with Gasteiger partial charge in [0.15, 0.2) is 0 Å². The van der Waals surface area contributed by atoms with Crippen LogP contribution in [0.1, 0.15) is 39.0 Å². The van der Waals surface area contributed by atoms with Crippen molar-refractivity contribution >= 4 is 11.6 Å². The van der Waals surface area contributed by atoms with Gasteiger partial charge in [-0.05, 0) is 49.9 Å². The number of rotatable bonds is 4. The predicted octanol–water partition coefficient (Wildman–Crippen LogP) is 3.06. The highest BCUT2D eigenvalue weighted by Gasteiger charge is 2.40. The molecule has 0 bridgehead atoms. The molecule has 1 atom stereocenters. The Morgan fingerprint density at radius 1 is 1.26 bits per heavy atom. The van der Waals surface area contributed by atoms with Gasteiger partial charge in [0.2, 0.25) is 5.91 Å². The van der Waals surface area contributed by atoms with Crippen LogP contribution in [-0.4, -0.2) is 11.4 Å². The minimum atomic E-state index is -0.766. The molecule has 1 fully saturated rings. The Morgan fingerprint density at radius 3 is 2.37 bits per heavy atom. The first-order chi connectivity index (χ1) is 9.02. The number of benzene rings is 1. The Balaban J connectivity index is 2.18. The molecule has 1 saturated carbocycles. The number of amides is 1. The molecule has 4 heteroatoms. The average molecular weight is 264 g/mol. The molecule has 2 rings (SSSR count). The molecule has 0 aromatic heterocycles. The van der Waals surface area contributed by atoms with E-state index in [1.165, 1.54) is 18.6 Å².